The van der Waals surface area contributed by atoms with Crippen LogP contribution in [0.15, 0.2) is 24.5 Å². The lowest BCUT2D eigenvalue weighted by Gasteiger charge is -2.19. The lowest BCUT2D eigenvalue weighted by molar-refractivity contribution is -0.154. The minimum Gasteiger partial charge on any atom is -0.468 e. The van der Waals surface area contributed by atoms with Gasteiger partial charge in [0, 0.05) is 28.8 Å². The Bertz CT molecular complexity index is 953. The Balaban J connectivity index is 2.16. The van der Waals surface area contributed by atoms with Gasteiger partial charge >= 0.3 is 6.18 Å². The summed E-state index contributed by atoms with van der Waals surface area (Å²) in [5.74, 6) is -0.649. The highest BCUT2D eigenvalue weighted by molar-refractivity contribution is 6.06. The number of rotatable bonds is 5. The molecule has 0 aliphatic carbocycles. The number of alkyl halides is 3. The molecule has 2 aromatic rings. The number of carbonyl (C=O) groups excluding carboxylic acids is 2. The maximum absolute atomic E-state index is 12.7. The summed E-state index contributed by atoms with van der Waals surface area (Å²) in [6, 6.07) is 2.80. The zero-order chi connectivity index (χ0) is 22.7. The first-order chi connectivity index (χ1) is 13.8. The summed E-state index contributed by atoms with van der Waals surface area (Å²) >= 11 is 0. The molecular formula is C20H23F3N4O3. The highest BCUT2D eigenvalue weighted by Gasteiger charge is 2.28. The quantitative estimate of drug-likeness (QED) is 0.748. The molecule has 0 saturated heterocycles. The topological polar surface area (TPSA) is 93.2 Å². The van der Waals surface area contributed by atoms with Crippen LogP contribution in [0.4, 0.5) is 24.7 Å². The van der Waals surface area contributed by atoms with Crippen molar-refractivity contribution in [1.29, 1.82) is 0 Å². The second kappa shape index (κ2) is 8.68. The fraction of sp³-hybridized carbons (Fsp3) is 0.400. The van der Waals surface area contributed by atoms with Crippen LogP contribution < -0.4 is 15.4 Å². The zero-order valence-electron chi connectivity index (χ0n) is 17.3. The van der Waals surface area contributed by atoms with Crippen molar-refractivity contribution in [2.24, 2.45) is 5.41 Å². The lowest BCUT2D eigenvalue weighted by atomic mass is 9.95. The molecule has 0 aliphatic heterocycles. The Hall–Kier alpha value is -3.17. The number of aromatic nitrogens is 2. The zero-order valence-corrected chi connectivity index (χ0v) is 17.3. The van der Waals surface area contributed by atoms with E-state index >= 15 is 0 Å². The molecule has 2 N–H and O–H groups in total. The molecule has 2 rings (SSSR count). The number of hydrogen-bond donors (Lipinski definition) is 2. The standard InChI is InChI=1S/C20H23F3N4O3/c1-11-8-15(30-10-20(21,22)23)25-9-14(11)26-17(28)13-6-7-24-16(12(13)2)27-18(29)19(3,4)5/h6-9H,10H2,1-5H3,(H,26,28)(H,24,27,29). The Kier molecular flexibility index (Phi) is 6.69. The molecule has 0 aliphatic rings. The van der Waals surface area contributed by atoms with Crippen LogP contribution in [0.2, 0.25) is 0 Å². The van der Waals surface area contributed by atoms with E-state index in [9.17, 15) is 22.8 Å². The number of halogens is 3. The number of nitrogens with zero attached hydrogens (tertiary/aromatic N) is 2. The normalized spacial score (nSPS) is 11.7. The Morgan fingerprint density at radius 1 is 1.10 bits per heavy atom. The van der Waals surface area contributed by atoms with Gasteiger partial charge in [0.05, 0.1) is 11.9 Å². The SMILES string of the molecule is Cc1cc(OCC(F)(F)F)ncc1NC(=O)c1ccnc(NC(=O)C(C)(C)C)c1C. The summed E-state index contributed by atoms with van der Waals surface area (Å²) in [7, 11) is 0. The van der Waals surface area contributed by atoms with Gasteiger partial charge in [-0.15, -0.1) is 0 Å². The van der Waals surface area contributed by atoms with Crippen LogP contribution >= 0.6 is 0 Å². The number of ether oxygens (including phenoxy) is 1. The highest BCUT2D eigenvalue weighted by Crippen LogP contribution is 2.24. The predicted molar refractivity (Wildman–Crippen MR) is 106 cm³/mol. The average Bonchev–Trinajstić information content (AvgIpc) is 2.62. The van der Waals surface area contributed by atoms with E-state index in [4.69, 9.17) is 0 Å². The fourth-order valence-corrected chi connectivity index (χ4v) is 2.29. The number of pyridine rings is 2. The number of anilines is 2. The molecule has 0 bridgehead atoms. The van der Waals surface area contributed by atoms with Crippen LogP contribution in [0.1, 0.15) is 42.3 Å². The molecule has 10 heteroatoms. The molecule has 30 heavy (non-hydrogen) atoms. The Morgan fingerprint density at radius 3 is 2.33 bits per heavy atom. The van der Waals surface area contributed by atoms with E-state index in [1.165, 1.54) is 24.5 Å². The monoisotopic (exact) mass is 424 g/mol. The summed E-state index contributed by atoms with van der Waals surface area (Å²) in [5, 5.41) is 5.36. The summed E-state index contributed by atoms with van der Waals surface area (Å²) in [5.41, 5.74) is 0.916. The van der Waals surface area contributed by atoms with Crippen molar-refractivity contribution in [1.82, 2.24) is 9.97 Å². The average molecular weight is 424 g/mol. The second-order valence-corrected chi connectivity index (χ2v) is 7.73. The van der Waals surface area contributed by atoms with Crippen molar-refractivity contribution in [3.05, 3.63) is 41.2 Å². The smallest absolute Gasteiger partial charge is 0.422 e. The van der Waals surface area contributed by atoms with Crippen LogP contribution in [-0.4, -0.2) is 34.6 Å². The van der Waals surface area contributed by atoms with Gasteiger partial charge in [-0.05, 0) is 25.5 Å². The van der Waals surface area contributed by atoms with Crippen LogP contribution in [0.3, 0.4) is 0 Å². The molecule has 7 nitrogen and oxygen atoms in total. The third kappa shape index (κ3) is 6.16. The molecule has 0 fully saturated rings. The van der Waals surface area contributed by atoms with Gasteiger partial charge < -0.3 is 15.4 Å². The molecule has 0 radical (unpaired) electrons. The fourth-order valence-electron chi connectivity index (χ4n) is 2.29. The van der Waals surface area contributed by atoms with E-state index in [2.05, 4.69) is 25.3 Å². The van der Waals surface area contributed by atoms with Crippen LogP contribution in [0.25, 0.3) is 0 Å². The maximum atomic E-state index is 12.7. The molecule has 2 aromatic heterocycles. The third-order valence-corrected chi connectivity index (χ3v) is 4.08. The summed E-state index contributed by atoms with van der Waals surface area (Å²) in [6.07, 6.45) is -1.85. The molecular weight excluding hydrogens is 401 g/mol. The van der Waals surface area contributed by atoms with E-state index in [0.29, 0.717) is 16.8 Å². The molecule has 0 aromatic carbocycles. The first-order valence-corrected chi connectivity index (χ1v) is 9.02. The van der Waals surface area contributed by atoms with Crippen LogP contribution in [0.5, 0.6) is 5.88 Å². The number of hydrogen-bond acceptors (Lipinski definition) is 5. The molecule has 0 spiro atoms. The molecule has 0 unspecified atom stereocenters. The van der Waals surface area contributed by atoms with E-state index in [0.717, 1.165) is 0 Å². The van der Waals surface area contributed by atoms with E-state index in [1.807, 2.05) is 0 Å². The largest absolute Gasteiger partial charge is 0.468 e. The van der Waals surface area contributed by atoms with Crippen LogP contribution in [0, 0.1) is 19.3 Å². The van der Waals surface area contributed by atoms with E-state index in [1.54, 1.807) is 34.6 Å². The third-order valence-electron chi connectivity index (χ3n) is 4.08. The first-order valence-electron chi connectivity index (χ1n) is 9.02. The minimum atomic E-state index is -4.47. The molecule has 0 atom stereocenters. The number of aryl methyl sites for hydroxylation is 1. The van der Waals surface area contributed by atoms with Crippen molar-refractivity contribution in [3.63, 3.8) is 0 Å². The maximum Gasteiger partial charge on any atom is 0.422 e. The summed E-state index contributed by atoms with van der Waals surface area (Å²) in [6.45, 7) is 7.07. The van der Waals surface area contributed by atoms with Gasteiger partial charge in [-0.1, -0.05) is 20.8 Å². The van der Waals surface area contributed by atoms with Crippen molar-refractivity contribution >= 4 is 23.3 Å². The van der Waals surface area contributed by atoms with Crippen molar-refractivity contribution in [2.45, 2.75) is 40.8 Å². The van der Waals surface area contributed by atoms with Gasteiger partial charge in [-0.25, -0.2) is 9.97 Å². The van der Waals surface area contributed by atoms with Crippen molar-refractivity contribution in [2.75, 3.05) is 17.2 Å². The van der Waals surface area contributed by atoms with E-state index in [-0.39, 0.29) is 23.2 Å². The van der Waals surface area contributed by atoms with Crippen molar-refractivity contribution in [3.8, 4) is 5.88 Å². The molecule has 2 amide bonds. The van der Waals surface area contributed by atoms with Crippen molar-refractivity contribution < 1.29 is 27.5 Å². The lowest BCUT2D eigenvalue weighted by Crippen LogP contribution is -2.28. The number of amides is 2. The summed E-state index contributed by atoms with van der Waals surface area (Å²) < 4.78 is 41.4. The molecule has 0 saturated carbocycles. The highest BCUT2D eigenvalue weighted by atomic mass is 19.4. The second-order valence-electron chi connectivity index (χ2n) is 7.73. The van der Waals surface area contributed by atoms with E-state index < -0.39 is 24.1 Å². The Labute approximate surface area is 172 Å². The van der Waals surface area contributed by atoms with Gasteiger partial charge in [-0.3, -0.25) is 9.59 Å². The van der Waals surface area contributed by atoms with Gasteiger partial charge in [0.15, 0.2) is 6.61 Å². The van der Waals surface area contributed by atoms with Gasteiger partial charge in [-0.2, -0.15) is 13.2 Å². The number of carbonyl (C=O) groups is 2. The minimum absolute atomic E-state index is 0.199. The van der Waals surface area contributed by atoms with Gasteiger partial charge in [0.25, 0.3) is 5.91 Å². The first kappa shape index (κ1) is 23.1. The molecule has 162 valence electrons. The van der Waals surface area contributed by atoms with Gasteiger partial charge in [0.2, 0.25) is 11.8 Å². The molecule has 2 heterocycles. The predicted octanol–water partition coefficient (Wildman–Crippen LogP) is 4.27. The summed E-state index contributed by atoms with van der Waals surface area (Å²) in [4.78, 5) is 32.8. The van der Waals surface area contributed by atoms with Crippen LogP contribution in [-0.2, 0) is 4.79 Å². The van der Waals surface area contributed by atoms with Gasteiger partial charge in [0.1, 0.15) is 5.82 Å². The Morgan fingerprint density at radius 2 is 1.77 bits per heavy atom. The number of nitrogens with one attached hydrogen (secondary N) is 2.